The van der Waals surface area contributed by atoms with Crippen LogP contribution in [0.5, 0.6) is 0 Å². The van der Waals surface area contributed by atoms with Crippen LogP contribution in [0.15, 0.2) is 40.8 Å². The maximum absolute atomic E-state index is 12.1. The summed E-state index contributed by atoms with van der Waals surface area (Å²) in [6, 6.07) is 5.41. The van der Waals surface area contributed by atoms with Gasteiger partial charge in [-0.25, -0.2) is 4.79 Å². The fourth-order valence-corrected chi connectivity index (χ4v) is 2.30. The van der Waals surface area contributed by atoms with E-state index in [1.807, 2.05) is 17.5 Å². The van der Waals surface area contributed by atoms with Crippen LogP contribution >= 0.6 is 11.3 Å². The van der Waals surface area contributed by atoms with E-state index in [-0.39, 0.29) is 6.03 Å². The van der Waals surface area contributed by atoms with E-state index in [2.05, 4.69) is 17.1 Å². The van der Waals surface area contributed by atoms with Crippen molar-refractivity contribution in [2.45, 2.75) is 13.5 Å². The molecule has 6 heteroatoms. The second kappa shape index (κ2) is 6.19. The first-order valence-electron chi connectivity index (χ1n) is 5.81. The van der Waals surface area contributed by atoms with Crippen LogP contribution in [0.25, 0.3) is 0 Å². The van der Waals surface area contributed by atoms with Crippen molar-refractivity contribution in [1.29, 1.82) is 0 Å². The largest absolute Gasteiger partial charge is 0.360 e. The Morgan fingerprint density at radius 1 is 1.68 bits per heavy atom. The molecule has 0 aromatic carbocycles. The molecule has 0 spiro atoms. The van der Waals surface area contributed by atoms with Crippen molar-refractivity contribution >= 4 is 23.2 Å². The molecule has 2 aromatic heterocycles. The predicted octanol–water partition coefficient (Wildman–Crippen LogP) is 3.26. The third kappa shape index (κ3) is 3.69. The van der Waals surface area contributed by atoms with Crippen LogP contribution in [0.3, 0.4) is 0 Å². The first kappa shape index (κ1) is 13.4. The first-order chi connectivity index (χ1) is 9.19. The summed E-state index contributed by atoms with van der Waals surface area (Å²) in [5.41, 5.74) is 0. The minimum Gasteiger partial charge on any atom is -0.360 e. The van der Waals surface area contributed by atoms with Crippen molar-refractivity contribution in [3.63, 3.8) is 0 Å². The number of nitrogens with zero attached hydrogens (tertiary/aromatic N) is 2. The molecule has 0 aliphatic carbocycles. The third-order valence-electron chi connectivity index (χ3n) is 2.43. The Morgan fingerprint density at radius 2 is 2.53 bits per heavy atom. The summed E-state index contributed by atoms with van der Waals surface area (Å²) in [4.78, 5) is 14.9. The third-order valence-corrected chi connectivity index (χ3v) is 3.29. The van der Waals surface area contributed by atoms with Gasteiger partial charge in [-0.2, -0.15) is 0 Å². The van der Waals surface area contributed by atoms with E-state index in [9.17, 15) is 4.79 Å². The van der Waals surface area contributed by atoms with E-state index in [1.165, 1.54) is 0 Å². The van der Waals surface area contributed by atoms with Crippen molar-refractivity contribution in [1.82, 2.24) is 10.1 Å². The van der Waals surface area contributed by atoms with Crippen LogP contribution in [0.2, 0.25) is 0 Å². The maximum atomic E-state index is 12.1. The highest BCUT2D eigenvalue weighted by atomic mass is 32.1. The molecule has 19 heavy (non-hydrogen) atoms. The smallest absolute Gasteiger partial charge is 0.323 e. The number of anilines is 1. The van der Waals surface area contributed by atoms with Crippen LogP contribution in [0.4, 0.5) is 10.6 Å². The molecule has 0 saturated carbocycles. The topological polar surface area (TPSA) is 58.4 Å². The zero-order valence-corrected chi connectivity index (χ0v) is 11.4. The van der Waals surface area contributed by atoms with Crippen LogP contribution in [0.1, 0.15) is 10.6 Å². The average Bonchev–Trinajstić information content (AvgIpc) is 3.01. The Labute approximate surface area is 115 Å². The lowest BCUT2D eigenvalue weighted by atomic mass is 10.4. The van der Waals surface area contributed by atoms with Crippen molar-refractivity contribution in [2.75, 3.05) is 11.9 Å². The van der Waals surface area contributed by atoms with E-state index < -0.39 is 0 Å². The summed E-state index contributed by atoms with van der Waals surface area (Å²) in [6.07, 6.45) is 1.70. The second-order valence-corrected chi connectivity index (χ2v) is 5.03. The van der Waals surface area contributed by atoms with Crippen molar-refractivity contribution in [3.8, 4) is 0 Å². The highest BCUT2D eigenvalue weighted by Gasteiger charge is 2.14. The molecule has 1 N–H and O–H groups in total. The number of amides is 2. The molecule has 0 aliphatic heterocycles. The summed E-state index contributed by atoms with van der Waals surface area (Å²) in [5, 5.41) is 8.42. The van der Waals surface area contributed by atoms with Gasteiger partial charge in [-0.1, -0.05) is 17.3 Å². The Bertz CT molecular complexity index is 548. The molecule has 0 aliphatic rings. The lowest BCUT2D eigenvalue weighted by Gasteiger charge is -2.20. The Balaban J connectivity index is 2.01. The first-order valence-corrected chi connectivity index (χ1v) is 6.69. The van der Waals surface area contributed by atoms with Crippen LogP contribution in [-0.2, 0) is 6.54 Å². The van der Waals surface area contributed by atoms with Crippen LogP contribution in [0, 0.1) is 6.92 Å². The van der Waals surface area contributed by atoms with Gasteiger partial charge in [-0.05, 0) is 18.4 Å². The van der Waals surface area contributed by atoms with E-state index in [4.69, 9.17) is 4.52 Å². The van der Waals surface area contributed by atoms with E-state index in [1.54, 1.807) is 35.3 Å². The Kier molecular flexibility index (Phi) is 4.35. The Morgan fingerprint density at radius 3 is 3.11 bits per heavy atom. The number of hydrogen-bond acceptors (Lipinski definition) is 4. The molecule has 0 unspecified atom stereocenters. The molecule has 5 nitrogen and oxygen atoms in total. The quantitative estimate of drug-likeness (QED) is 0.853. The van der Waals surface area contributed by atoms with Gasteiger partial charge in [0, 0.05) is 17.5 Å². The van der Waals surface area contributed by atoms with E-state index >= 15 is 0 Å². The summed E-state index contributed by atoms with van der Waals surface area (Å²) in [7, 11) is 0. The number of carbonyl (C=O) groups is 1. The van der Waals surface area contributed by atoms with Gasteiger partial charge in [0.15, 0.2) is 5.82 Å². The molecule has 0 atom stereocenters. The fraction of sp³-hybridized carbons (Fsp3) is 0.231. The number of aromatic nitrogens is 1. The molecular formula is C13H15N3O2S. The van der Waals surface area contributed by atoms with Crippen molar-refractivity contribution in [2.24, 2.45) is 0 Å². The van der Waals surface area contributed by atoms with E-state index in [0.717, 1.165) is 4.88 Å². The van der Waals surface area contributed by atoms with E-state index in [0.29, 0.717) is 24.7 Å². The lowest BCUT2D eigenvalue weighted by Crippen LogP contribution is -2.34. The molecule has 0 saturated heterocycles. The van der Waals surface area contributed by atoms with Gasteiger partial charge in [0.25, 0.3) is 0 Å². The van der Waals surface area contributed by atoms with Gasteiger partial charge >= 0.3 is 6.03 Å². The number of nitrogens with one attached hydrogen (secondary N) is 1. The lowest BCUT2D eigenvalue weighted by molar-refractivity contribution is 0.215. The average molecular weight is 277 g/mol. The maximum Gasteiger partial charge on any atom is 0.323 e. The minimum atomic E-state index is -0.221. The zero-order valence-electron chi connectivity index (χ0n) is 10.6. The molecule has 2 rings (SSSR count). The fourth-order valence-electron chi connectivity index (χ4n) is 1.58. The molecule has 2 heterocycles. The highest BCUT2D eigenvalue weighted by molar-refractivity contribution is 7.09. The second-order valence-electron chi connectivity index (χ2n) is 4.00. The molecule has 0 fully saturated rings. The molecule has 0 radical (unpaired) electrons. The van der Waals surface area contributed by atoms with Gasteiger partial charge in [0.2, 0.25) is 0 Å². The van der Waals surface area contributed by atoms with Gasteiger partial charge in [0.05, 0.1) is 6.54 Å². The van der Waals surface area contributed by atoms with Gasteiger partial charge in [-0.3, -0.25) is 5.32 Å². The number of thiophene rings is 1. The SMILES string of the molecule is C=CCN(Cc1cccs1)C(=O)Nc1cc(C)on1. The number of urea groups is 1. The monoisotopic (exact) mass is 277 g/mol. The predicted molar refractivity (Wildman–Crippen MR) is 75.2 cm³/mol. The summed E-state index contributed by atoms with van der Waals surface area (Å²) in [6.45, 7) is 6.47. The van der Waals surface area contributed by atoms with Gasteiger partial charge < -0.3 is 9.42 Å². The Hall–Kier alpha value is -2.08. The number of carbonyl (C=O) groups excluding carboxylic acids is 1. The standard InChI is InChI=1S/C13H15N3O2S/c1-3-6-16(9-11-5-4-7-19-11)13(17)14-12-8-10(2)18-15-12/h3-5,7-8H,1,6,9H2,2H3,(H,14,15,17). The number of rotatable bonds is 5. The molecule has 0 bridgehead atoms. The summed E-state index contributed by atoms with van der Waals surface area (Å²) >= 11 is 1.61. The highest BCUT2D eigenvalue weighted by Crippen LogP contribution is 2.14. The van der Waals surface area contributed by atoms with Gasteiger partial charge in [-0.15, -0.1) is 17.9 Å². The molecule has 100 valence electrons. The molecule has 2 amide bonds. The van der Waals surface area contributed by atoms with Crippen molar-refractivity contribution < 1.29 is 9.32 Å². The van der Waals surface area contributed by atoms with Crippen LogP contribution < -0.4 is 5.32 Å². The summed E-state index contributed by atoms with van der Waals surface area (Å²) < 4.78 is 4.91. The zero-order chi connectivity index (χ0) is 13.7. The van der Waals surface area contributed by atoms with Gasteiger partial charge in [0.1, 0.15) is 5.76 Å². The molecule has 2 aromatic rings. The molecular weight excluding hydrogens is 262 g/mol. The number of aryl methyl sites for hydroxylation is 1. The van der Waals surface area contributed by atoms with Crippen LogP contribution in [-0.4, -0.2) is 22.6 Å². The van der Waals surface area contributed by atoms with Crippen molar-refractivity contribution in [3.05, 3.63) is 46.9 Å². The normalized spacial score (nSPS) is 10.2. The minimum absolute atomic E-state index is 0.221. The summed E-state index contributed by atoms with van der Waals surface area (Å²) in [5.74, 6) is 1.08. The number of hydrogen-bond donors (Lipinski definition) is 1.